The molecule has 0 bridgehead atoms. The van der Waals surface area contributed by atoms with Gasteiger partial charge >= 0.3 is 0 Å². The first kappa shape index (κ1) is 13.2. The average Bonchev–Trinajstić information content (AvgIpc) is 2.25. The lowest BCUT2D eigenvalue weighted by Crippen LogP contribution is -2.59. The summed E-state index contributed by atoms with van der Waals surface area (Å²) >= 11 is 3.91. The van der Waals surface area contributed by atoms with Crippen LogP contribution in [0.2, 0.25) is 0 Å². The van der Waals surface area contributed by atoms with Crippen molar-refractivity contribution in [3.63, 3.8) is 0 Å². The van der Waals surface area contributed by atoms with Gasteiger partial charge in [0.05, 0.1) is 13.2 Å². The zero-order valence-corrected chi connectivity index (χ0v) is 8.96. The predicted octanol–water partition coefficient (Wildman–Crippen LogP) is -2.27. The van der Waals surface area contributed by atoms with Gasteiger partial charge < -0.3 is 29.9 Å². The van der Waals surface area contributed by atoms with Crippen molar-refractivity contribution < 1.29 is 29.9 Å². The summed E-state index contributed by atoms with van der Waals surface area (Å²) < 4.78 is 10.1. The minimum atomic E-state index is -1.39. The molecular formula is C8H16O6S. The van der Waals surface area contributed by atoms with Crippen LogP contribution in [0, 0.1) is 0 Å². The Labute approximate surface area is 92.8 Å². The minimum absolute atomic E-state index is 0.242. The molecule has 0 aliphatic carbocycles. The van der Waals surface area contributed by atoms with Crippen LogP contribution in [-0.4, -0.2) is 70.1 Å². The van der Waals surface area contributed by atoms with E-state index in [1.165, 1.54) is 0 Å². The second-order valence-corrected chi connectivity index (χ2v) is 3.74. The minimum Gasteiger partial charge on any atom is -0.394 e. The van der Waals surface area contributed by atoms with Gasteiger partial charge in [-0.3, -0.25) is 0 Å². The Kier molecular flexibility index (Phi) is 5.27. The summed E-state index contributed by atoms with van der Waals surface area (Å²) in [6.45, 7) is -0.211. The molecule has 0 spiro atoms. The van der Waals surface area contributed by atoms with Crippen LogP contribution in [0.1, 0.15) is 0 Å². The fourth-order valence-corrected chi connectivity index (χ4v) is 1.48. The molecule has 0 radical (unpaired) electrons. The predicted molar refractivity (Wildman–Crippen MR) is 53.6 cm³/mol. The highest BCUT2D eigenvalue weighted by Gasteiger charge is 2.43. The van der Waals surface area contributed by atoms with E-state index in [0.717, 1.165) is 0 Å². The molecular weight excluding hydrogens is 224 g/mol. The van der Waals surface area contributed by atoms with Gasteiger partial charge in [0.15, 0.2) is 6.29 Å². The maximum Gasteiger partial charge on any atom is 0.186 e. The van der Waals surface area contributed by atoms with Gasteiger partial charge in [-0.2, -0.15) is 12.6 Å². The maximum atomic E-state index is 9.48. The Balaban J connectivity index is 2.57. The van der Waals surface area contributed by atoms with E-state index in [0.29, 0.717) is 5.75 Å². The van der Waals surface area contributed by atoms with Crippen molar-refractivity contribution in [1.29, 1.82) is 0 Å². The second kappa shape index (κ2) is 6.00. The third-order valence-electron chi connectivity index (χ3n) is 2.22. The van der Waals surface area contributed by atoms with Crippen LogP contribution in [0.25, 0.3) is 0 Å². The van der Waals surface area contributed by atoms with Crippen molar-refractivity contribution >= 4 is 12.6 Å². The fraction of sp³-hybridized carbons (Fsp3) is 1.00. The molecule has 0 amide bonds. The van der Waals surface area contributed by atoms with Crippen molar-refractivity contribution in [2.24, 2.45) is 0 Å². The van der Waals surface area contributed by atoms with Gasteiger partial charge in [-0.15, -0.1) is 0 Å². The van der Waals surface area contributed by atoms with E-state index in [-0.39, 0.29) is 6.61 Å². The number of rotatable bonds is 4. The summed E-state index contributed by atoms with van der Waals surface area (Å²) in [4.78, 5) is 0. The first-order valence-corrected chi connectivity index (χ1v) is 5.28. The first-order valence-electron chi connectivity index (χ1n) is 4.64. The van der Waals surface area contributed by atoms with E-state index in [4.69, 9.17) is 14.6 Å². The van der Waals surface area contributed by atoms with Crippen molar-refractivity contribution in [3.05, 3.63) is 0 Å². The number of aliphatic hydroxyl groups excluding tert-OH is 4. The quantitative estimate of drug-likeness (QED) is 0.355. The lowest BCUT2D eigenvalue weighted by atomic mass is 9.99. The maximum absolute atomic E-state index is 9.48. The highest BCUT2D eigenvalue weighted by molar-refractivity contribution is 7.80. The molecule has 0 aromatic rings. The lowest BCUT2D eigenvalue weighted by molar-refractivity contribution is -0.299. The van der Waals surface area contributed by atoms with Crippen LogP contribution >= 0.6 is 12.6 Å². The largest absolute Gasteiger partial charge is 0.394 e. The Morgan fingerprint density at radius 2 is 1.80 bits per heavy atom. The highest BCUT2D eigenvalue weighted by Crippen LogP contribution is 2.21. The molecule has 0 aromatic heterocycles. The van der Waals surface area contributed by atoms with E-state index in [2.05, 4.69) is 12.6 Å². The Bertz CT molecular complexity index is 190. The monoisotopic (exact) mass is 240 g/mol. The van der Waals surface area contributed by atoms with Gasteiger partial charge in [-0.05, 0) is 0 Å². The number of thiol groups is 1. The van der Waals surface area contributed by atoms with Crippen LogP contribution in [0.15, 0.2) is 0 Å². The Morgan fingerprint density at radius 3 is 2.33 bits per heavy atom. The standard InChI is InChI=1S/C8H16O6S/c9-3-4-5(10)6(11)7(12)8(14-4)13-1-2-15/h4-12,15H,1-3H2/t4?,5?,6-,7?,8+/m0/s1. The molecule has 1 aliphatic rings. The van der Waals surface area contributed by atoms with Gasteiger partial charge in [-0.1, -0.05) is 0 Å². The number of aliphatic hydroxyl groups is 4. The first-order chi connectivity index (χ1) is 7.11. The molecule has 1 fully saturated rings. The highest BCUT2D eigenvalue weighted by atomic mass is 32.1. The molecule has 1 heterocycles. The van der Waals surface area contributed by atoms with E-state index in [1.807, 2.05) is 0 Å². The van der Waals surface area contributed by atoms with Crippen molar-refractivity contribution in [3.8, 4) is 0 Å². The van der Waals surface area contributed by atoms with Gasteiger partial charge in [0.1, 0.15) is 24.4 Å². The summed E-state index contributed by atoms with van der Waals surface area (Å²) in [5.74, 6) is 0.440. The molecule has 7 heteroatoms. The van der Waals surface area contributed by atoms with E-state index < -0.39 is 37.3 Å². The molecule has 0 saturated carbocycles. The summed E-state index contributed by atoms with van der Waals surface area (Å²) in [5.41, 5.74) is 0. The molecule has 1 aliphatic heterocycles. The molecule has 0 aromatic carbocycles. The third-order valence-corrected chi connectivity index (χ3v) is 2.40. The summed E-state index contributed by atoms with van der Waals surface area (Å²) in [6.07, 6.45) is -6.04. The average molecular weight is 240 g/mol. The molecule has 1 saturated heterocycles. The summed E-state index contributed by atoms with van der Waals surface area (Å²) in [7, 11) is 0. The Morgan fingerprint density at radius 1 is 1.13 bits per heavy atom. The molecule has 1 rings (SSSR count). The molecule has 90 valence electrons. The van der Waals surface area contributed by atoms with Crippen LogP contribution in [-0.2, 0) is 9.47 Å². The van der Waals surface area contributed by atoms with Gasteiger partial charge in [0.25, 0.3) is 0 Å². The molecule has 6 nitrogen and oxygen atoms in total. The van der Waals surface area contributed by atoms with Gasteiger partial charge in [0, 0.05) is 5.75 Å². The summed E-state index contributed by atoms with van der Waals surface area (Å²) in [6, 6.07) is 0. The van der Waals surface area contributed by atoms with Crippen molar-refractivity contribution in [2.75, 3.05) is 19.0 Å². The van der Waals surface area contributed by atoms with E-state index in [9.17, 15) is 15.3 Å². The SMILES string of the molecule is OCC1O[C@@H](OCCS)C(O)[C@@H](O)C1O. The van der Waals surface area contributed by atoms with E-state index >= 15 is 0 Å². The van der Waals surface area contributed by atoms with Crippen LogP contribution < -0.4 is 0 Å². The topological polar surface area (TPSA) is 99.4 Å². The smallest absolute Gasteiger partial charge is 0.186 e. The zero-order chi connectivity index (χ0) is 11.4. The van der Waals surface area contributed by atoms with Crippen LogP contribution in [0.5, 0.6) is 0 Å². The normalized spacial score (nSPS) is 41.8. The third kappa shape index (κ3) is 3.04. The molecule has 3 unspecified atom stereocenters. The molecule has 5 atom stereocenters. The summed E-state index contributed by atoms with van der Waals surface area (Å²) in [5, 5.41) is 37.2. The van der Waals surface area contributed by atoms with Gasteiger partial charge in [-0.25, -0.2) is 0 Å². The Hall–Kier alpha value is 0.110. The zero-order valence-electron chi connectivity index (χ0n) is 8.06. The van der Waals surface area contributed by atoms with Gasteiger partial charge in [0.2, 0.25) is 0 Å². The molecule has 15 heavy (non-hydrogen) atoms. The van der Waals surface area contributed by atoms with E-state index in [1.54, 1.807) is 0 Å². The van der Waals surface area contributed by atoms with Crippen LogP contribution in [0.3, 0.4) is 0 Å². The fourth-order valence-electron chi connectivity index (χ4n) is 1.37. The second-order valence-electron chi connectivity index (χ2n) is 3.29. The van der Waals surface area contributed by atoms with Crippen LogP contribution in [0.4, 0.5) is 0 Å². The lowest BCUT2D eigenvalue weighted by Gasteiger charge is -2.39. The number of ether oxygens (including phenoxy) is 2. The van der Waals surface area contributed by atoms with Crippen molar-refractivity contribution in [1.82, 2.24) is 0 Å². The van der Waals surface area contributed by atoms with Crippen molar-refractivity contribution in [2.45, 2.75) is 30.7 Å². The number of hydrogen-bond donors (Lipinski definition) is 5. The number of hydrogen-bond acceptors (Lipinski definition) is 7. The molecule has 4 N–H and O–H groups in total.